The molecule has 1 unspecified atom stereocenters. The lowest BCUT2D eigenvalue weighted by molar-refractivity contribution is 0.00698. The summed E-state index contributed by atoms with van der Waals surface area (Å²) in [6.45, 7) is 0.803. The van der Waals surface area contributed by atoms with E-state index in [0.29, 0.717) is 5.56 Å². The van der Waals surface area contributed by atoms with Gasteiger partial charge < -0.3 is 5.11 Å². The molecule has 2 aromatic rings. The van der Waals surface area contributed by atoms with Crippen molar-refractivity contribution in [3.8, 4) is 0 Å². The van der Waals surface area contributed by atoms with Gasteiger partial charge in [-0.15, -0.1) is 0 Å². The highest BCUT2D eigenvalue weighted by Gasteiger charge is 2.33. The first-order valence-electron chi connectivity index (χ1n) is 7.13. The van der Waals surface area contributed by atoms with Crippen molar-refractivity contribution >= 4 is 46.8 Å². The van der Waals surface area contributed by atoms with Crippen LogP contribution < -0.4 is 0 Å². The second kappa shape index (κ2) is 7.73. The zero-order chi connectivity index (χ0) is 18.8. The maximum Gasteiger partial charge on any atom is 0.337 e. The van der Waals surface area contributed by atoms with Gasteiger partial charge in [-0.05, 0) is 41.5 Å². The quantitative estimate of drug-likeness (QED) is 0.594. The van der Waals surface area contributed by atoms with Gasteiger partial charge in [0.05, 0.1) is 16.5 Å². The van der Waals surface area contributed by atoms with E-state index in [0.717, 1.165) is 6.92 Å². The number of halogens is 5. The molecule has 0 aliphatic rings. The van der Waals surface area contributed by atoms with E-state index in [2.05, 4.69) is 0 Å². The van der Waals surface area contributed by atoms with Crippen LogP contribution in [0.2, 0.25) is 15.1 Å². The number of allylic oxidation sites excluding steroid dienone is 1. The molecule has 0 heterocycles. The molecule has 132 valence electrons. The van der Waals surface area contributed by atoms with E-state index >= 15 is 0 Å². The molecule has 0 saturated carbocycles. The minimum atomic E-state index is -3.06. The van der Waals surface area contributed by atoms with Gasteiger partial charge in [0, 0.05) is 17.0 Å². The Balaban J connectivity index is 2.39. The number of alkyl halides is 2. The van der Waals surface area contributed by atoms with Gasteiger partial charge in [-0.1, -0.05) is 53.0 Å². The molecule has 0 fully saturated rings. The zero-order valence-corrected chi connectivity index (χ0v) is 15.2. The molecule has 2 rings (SSSR count). The van der Waals surface area contributed by atoms with E-state index < -0.39 is 17.8 Å². The summed E-state index contributed by atoms with van der Waals surface area (Å²) in [5.74, 6) is -5.48. The molecule has 0 spiro atoms. The van der Waals surface area contributed by atoms with E-state index in [9.17, 15) is 13.6 Å². The van der Waals surface area contributed by atoms with Crippen molar-refractivity contribution in [1.29, 1.82) is 0 Å². The highest BCUT2D eigenvalue weighted by molar-refractivity contribution is 6.34. The predicted octanol–water partition coefficient (Wildman–Crippen LogP) is 6.80. The Morgan fingerprint density at radius 3 is 2.20 bits per heavy atom. The number of carboxylic acid groups (broad SMARTS) is 1. The Labute approximate surface area is 158 Å². The molecule has 2 nitrogen and oxygen atoms in total. The number of rotatable bonds is 5. The molecule has 0 amide bonds. The lowest BCUT2D eigenvalue weighted by atomic mass is 9.92. The van der Waals surface area contributed by atoms with Crippen LogP contribution in [0.25, 0.3) is 6.08 Å². The first-order chi connectivity index (χ1) is 11.6. The number of carboxylic acids is 1. The zero-order valence-electron chi connectivity index (χ0n) is 12.9. The summed E-state index contributed by atoms with van der Waals surface area (Å²) in [7, 11) is 0. The monoisotopic (exact) mass is 404 g/mol. The minimum Gasteiger partial charge on any atom is -0.478 e. The van der Waals surface area contributed by atoms with Gasteiger partial charge >= 0.3 is 5.97 Å². The van der Waals surface area contributed by atoms with Crippen molar-refractivity contribution < 1.29 is 18.7 Å². The summed E-state index contributed by atoms with van der Waals surface area (Å²) in [5.41, 5.74) is 0.713. The molecular weight excluding hydrogens is 393 g/mol. The summed E-state index contributed by atoms with van der Waals surface area (Å²) < 4.78 is 28.1. The van der Waals surface area contributed by atoms with Crippen molar-refractivity contribution in [1.82, 2.24) is 0 Å². The summed E-state index contributed by atoms with van der Waals surface area (Å²) in [4.78, 5) is 11.0. The Morgan fingerprint density at radius 2 is 1.72 bits per heavy atom. The molecule has 0 radical (unpaired) electrons. The first kappa shape index (κ1) is 19.7. The standard InChI is InChI=1S/C18H13Cl3F2O2/c1-18(22,23)15(11-7-12(19)9-13(20)8-11)5-3-10-2-4-14(17(24)25)16(21)6-10/h2-9,15H,1H3,(H,24,25). The average molecular weight is 406 g/mol. The number of benzene rings is 2. The first-order valence-corrected chi connectivity index (χ1v) is 8.26. The Bertz CT molecular complexity index is 809. The molecule has 2 aromatic carbocycles. The van der Waals surface area contributed by atoms with Crippen LogP contribution in [0.1, 0.15) is 34.3 Å². The second-order valence-electron chi connectivity index (χ2n) is 5.54. The van der Waals surface area contributed by atoms with E-state index in [4.69, 9.17) is 39.9 Å². The lowest BCUT2D eigenvalue weighted by Gasteiger charge is -2.21. The molecule has 0 saturated heterocycles. The van der Waals surface area contributed by atoms with E-state index in [1.807, 2.05) is 0 Å². The van der Waals surface area contributed by atoms with Crippen LogP contribution in [0.5, 0.6) is 0 Å². The lowest BCUT2D eigenvalue weighted by Crippen LogP contribution is -2.20. The molecule has 1 atom stereocenters. The van der Waals surface area contributed by atoms with E-state index in [1.54, 1.807) is 0 Å². The van der Waals surface area contributed by atoms with Gasteiger partial charge in [-0.2, -0.15) is 0 Å². The average Bonchev–Trinajstić information content (AvgIpc) is 2.44. The summed E-state index contributed by atoms with van der Waals surface area (Å²) in [6, 6.07) is 8.53. The topological polar surface area (TPSA) is 37.3 Å². The van der Waals surface area contributed by atoms with Crippen molar-refractivity contribution in [2.75, 3.05) is 0 Å². The normalized spacial score (nSPS) is 13.2. The summed E-state index contributed by atoms with van der Waals surface area (Å²) in [6.07, 6.45) is 2.77. The van der Waals surface area contributed by atoms with Gasteiger partial charge in [0.15, 0.2) is 0 Å². The van der Waals surface area contributed by atoms with Gasteiger partial charge in [-0.3, -0.25) is 0 Å². The minimum absolute atomic E-state index is 0.0280. The van der Waals surface area contributed by atoms with Crippen LogP contribution in [0.15, 0.2) is 42.5 Å². The maximum absolute atomic E-state index is 14.0. The van der Waals surface area contributed by atoms with Crippen molar-refractivity contribution in [3.05, 3.63) is 74.2 Å². The Hall–Kier alpha value is -1.62. The second-order valence-corrected chi connectivity index (χ2v) is 6.82. The van der Waals surface area contributed by atoms with Crippen LogP contribution in [-0.4, -0.2) is 17.0 Å². The Kier molecular flexibility index (Phi) is 6.09. The molecular formula is C18H13Cl3F2O2. The predicted molar refractivity (Wildman–Crippen MR) is 97.3 cm³/mol. The molecule has 0 bridgehead atoms. The van der Waals surface area contributed by atoms with Crippen molar-refractivity contribution in [3.63, 3.8) is 0 Å². The van der Waals surface area contributed by atoms with Gasteiger partial charge in [0.25, 0.3) is 5.92 Å². The van der Waals surface area contributed by atoms with Crippen LogP contribution >= 0.6 is 34.8 Å². The van der Waals surface area contributed by atoms with Crippen LogP contribution in [0.3, 0.4) is 0 Å². The molecule has 7 heteroatoms. The largest absolute Gasteiger partial charge is 0.478 e. The molecule has 0 aromatic heterocycles. The van der Waals surface area contributed by atoms with Crippen LogP contribution in [0.4, 0.5) is 8.78 Å². The maximum atomic E-state index is 14.0. The fraction of sp³-hybridized carbons (Fsp3) is 0.167. The number of hydrogen-bond donors (Lipinski definition) is 1. The molecule has 0 aliphatic carbocycles. The smallest absolute Gasteiger partial charge is 0.337 e. The van der Waals surface area contributed by atoms with Gasteiger partial charge in [0.2, 0.25) is 0 Å². The van der Waals surface area contributed by atoms with Crippen LogP contribution in [0, 0.1) is 0 Å². The Morgan fingerprint density at radius 1 is 1.12 bits per heavy atom. The van der Waals surface area contributed by atoms with E-state index in [-0.39, 0.29) is 26.2 Å². The van der Waals surface area contributed by atoms with Crippen LogP contribution in [-0.2, 0) is 0 Å². The number of carbonyl (C=O) groups is 1. The van der Waals surface area contributed by atoms with Crippen molar-refractivity contribution in [2.45, 2.75) is 18.8 Å². The third kappa shape index (κ3) is 5.18. The van der Waals surface area contributed by atoms with Gasteiger partial charge in [0.1, 0.15) is 0 Å². The highest BCUT2D eigenvalue weighted by Crippen LogP contribution is 2.37. The van der Waals surface area contributed by atoms with Gasteiger partial charge in [-0.25, -0.2) is 13.6 Å². The number of hydrogen-bond acceptors (Lipinski definition) is 1. The summed E-state index contributed by atoms with van der Waals surface area (Å²) >= 11 is 17.7. The fourth-order valence-electron chi connectivity index (χ4n) is 2.34. The SMILES string of the molecule is CC(F)(F)C(C=Cc1ccc(C(=O)O)c(Cl)c1)c1cc(Cl)cc(Cl)c1. The fourth-order valence-corrected chi connectivity index (χ4v) is 3.16. The summed E-state index contributed by atoms with van der Waals surface area (Å²) in [5, 5.41) is 9.51. The molecule has 1 N–H and O–H groups in total. The third-order valence-electron chi connectivity index (χ3n) is 3.49. The van der Waals surface area contributed by atoms with Crippen molar-refractivity contribution in [2.24, 2.45) is 0 Å². The number of aromatic carboxylic acids is 1. The van der Waals surface area contributed by atoms with E-state index in [1.165, 1.54) is 48.6 Å². The molecule has 0 aliphatic heterocycles. The third-order valence-corrected chi connectivity index (χ3v) is 4.24. The molecule has 25 heavy (non-hydrogen) atoms. The highest BCUT2D eigenvalue weighted by atomic mass is 35.5.